The van der Waals surface area contributed by atoms with E-state index in [0.29, 0.717) is 5.56 Å². The van der Waals surface area contributed by atoms with Crippen molar-refractivity contribution in [1.82, 2.24) is 0 Å². The number of rotatable bonds is 1. The smallest absolute Gasteiger partial charge is 0.338 e. The highest BCUT2D eigenvalue weighted by Gasteiger charge is 2.19. The molecule has 1 heterocycles. The topological polar surface area (TPSA) is 39.4 Å². The molecule has 0 unspecified atom stereocenters. The molecule has 0 fully saturated rings. The average Bonchev–Trinajstić information content (AvgIpc) is 2.62. The average molecular weight is 193 g/mol. The Morgan fingerprint density at radius 3 is 3.14 bits per heavy atom. The fourth-order valence-electron chi connectivity index (χ4n) is 1.24. The van der Waals surface area contributed by atoms with Gasteiger partial charge in [0.15, 0.2) is 0 Å². The van der Waals surface area contributed by atoms with E-state index in [9.17, 15) is 9.18 Å². The maximum Gasteiger partial charge on any atom is 0.338 e. The van der Waals surface area contributed by atoms with Crippen molar-refractivity contribution < 1.29 is 18.3 Å². The lowest BCUT2D eigenvalue weighted by atomic mass is 10.1. The Morgan fingerprint density at radius 2 is 2.43 bits per heavy atom. The fraction of sp³-hybridized carbons (Fsp3) is 0.100. The van der Waals surface area contributed by atoms with Crippen molar-refractivity contribution in [3.63, 3.8) is 0 Å². The largest absolute Gasteiger partial charge is 0.465 e. The van der Waals surface area contributed by atoms with Gasteiger partial charge in [-0.15, -0.1) is 0 Å². The van der Waals surface area contributed by atoms with Crippen LogP contribution in [0.25, 0.3) is 11.3 Å². The second kappa shape index (κ2) is 3.14. The number of hydrogen-bond acceptors (Lipinski definition) is 3. The number of halogens is 1. The van der Waals surface area contributed by atoms with E-state index >= 15 is 0 Å². The number of fused-ring (bicyclic) bond motifs is 1. The Morgan fingerprint density at radius 1 is 1.64 bits per heavy atom. The molecule has 0 atom stereocenters. The Labute approximate surface area is 79.4 Å². The van der Waals surface area contributed by atoms with Gasteiger partial charge < -0.3 is 9.15 Å². The molecule has 14 heavy (non-hydrogen) atoms. The minimum Gasteiger partial charge on any atom is -0.465 e. The van der Waals surface area contributed by atoms with Crippen LogP contribution in [-0.2, 0) is 4.74 Å². The molecule has 0 saturated carbocycles. The van der Waals surface area contributed by atoms with Crippen LogP contribution in [0.5, 0.6) is 0 Å². The zero-order valence-corrected chi connectivity index (χ0v) is 7.33. The number of esters is 1. The van der Waals surface area contributed by atoms with Crippen LogP contribution in [0.3, 0.4) is 0 Å². The lowest BCUT2D eigenvalue weighted by Crippen LogP contribution is -2.04. The third kappa shape index (κ3) is 1.25. The van der Waals surface area contributed by atoms with Crippen molar-refractivity contribution in [2.45, 2.75) is 0 Å². The summed E-state index contributed by atoms with van der Waals surface area (Å²) in [6, 6.07) is 6.03. The molecule has 3 nitrogen and oxygen atoms in total. The molecule has 0 aromatic carbocycles. The molecule has 2 rings (SSSR count). The van der Waals surface area contributed by atoms with E-state index in [-0.39, 0.29) is 11.3 Å². The first-order valence-corrected chi connectivity index (χ1v) is 3.90. The summed E-state index contributed by atoms with van der Waals surface area (Å²) >= 11 is 0. The van der Waals surface area contributed by atoms with Crippen LogP contribution in [0.4, 0.5) is 4.39 Å². The molecule has 71 valence electrons. The molecular formula is C10H6FO3. The second-order valence-corrected chi connectivity index (χ2v) is 2.67. The van der Waals surface area contributed by atoms with Gasteiger partial charge in [-0.05, 0) is 18.2 Å². The van der Waals surface area contributed by atoms with Crippen molar-refractivity contribution in [2.75, 3.05) is 7.11 Å². The summed E-state index contributed by atoms with van der Waals surface area (Å²) in [5.74, 6) is -0.322. The van der Waals surface area contributed by atoms with Crippen LogP contribution < -0.4 is 0 Å². The Bertz CT molecular complexity index is 447. The molecule has 0 spiro atoms. The molecule has 1 aliphatic carbocycles. The van der Waals surface area contributed by atoms with Crippen molar-refractivity contribution in [3.8, 4) is 11.3 Å². The molecule has 0 N–H and O–H groups in total. The third-order valence-electron chi connectivity index (χ3n) is 1.85. The third-order valence-corrected chi connectivity index (χ3v) is 1.85. The molecule has 0 amide bonds. The second-order valence-electron chi connectivity index (χ2n) is 2.67. The van der Waals surface area contributed by atoms with Gasteiger partial charge in [0, 0.05) is 11.6 Å². The maximum atomic E-state index is 12.9. The molecule has 0 saturated heterocycles. The van der Waals surface area contributed by atoms with Crippen molar-refractivity contribution in [2.24, 2.45) is 0 Å². The summed E-state index contributed by atoms with van der Waals surface area (Å²) in [6.07, 6.45) is 0. The lowest BCUT2D eigenvalue weighted by molar-refractivity contribution is 0.0599. The number of methoxy groups -OCH3 is 1. The molecule has 4 heteroatoms. The van der Waals surface area contributed by atoms with Crippen LogP contribution in [-0.4, -0.2) is 13.1 Å². The van der Waals surface area contributed by atoms with E-state index in [2.05, 4.69) is 10.8 Å². The molecule has 1 radical (unpaired) electrons. The highest BCUT2D eigenvalue weighted by Crippen LogP contribution is 2.28. The quantitative estimate of drug-likeness (QED) is 0.651. The molecule has 1 aliphatic heterocycles. The van der Waals surface area contributed by atoms with E-state index in [1.165, 1.54) is 13.2 Å². The van der Waals surface area contributed by atoms with E-state index in [0.717, 1.165) is 6.07 Å². The first-order chi connectivity index (χ1) is 6.72. The monoisotopic (exact) mass is 193 g/mol. The molecular weight excluding hydrogens is 187 g/mol. The Kier molecular flexibility index (Phi) is 1.96. The molecule has 0 aromatic heterocycles. The summed E-state index contributed by atoms with van der Waals surface area (Å²) in [7, 11) is 1.24. The normalized spacial score (nSPS) is 10.4. The zero-order valence-electron chi connectivity index (χ0n) is 7.33. The minimum absolute atomic E-state index is 0.122. The molecule has 0 aromatic rings. The highest BCUT2D eigenvalue weighted by atomic mass is 19.1. The summed E-state index contributed by atoms with van der Waals surface area (Å²) in [4.78, 5) is 11.2. The SMILES string of the molecule is COC(=O)c1cc(F)oc2cc[c]c1-2. The Balaban J connectivity index is 2.65. The zero-order chi connectivity index (χ0) is 10.1. The van der Waals surface area contributed by atoms with E-state index in [1.807, 2.05) is 0 Å². The number of ether oxygens (including phenoxy) is 1. The van der Waals surface area contributed by atoms with Gasteiger partial charge in [-0.25, -0.2) is 4.79 Å². The van der Waals surface area contributed by atoms with Crippen LogP contribution in [0.1, 0.15) is 10.4 Å². The predicted octanol–water partition coefficient (Wildman–Crippen LogP) is 2.11. The number of carbonyl (C=O) groups excluding carboxylic acids is 1. The number of hydrogen-bond donors (Lipinski definition) is 0. The minimum atomic E-state index is -0.822. The van der Waals surface area contributed by atoms with Crippen LogP contribution >= 0.6 is 0 Å². The summed E-state index contributed by atoms with van der Waals surface area (Å²) in [6.45, 7) is 0. The van der Waals surface area contributed by atoms with Gasteiger partial charge in [0.25, 0.3) is 6.01 Å². The maximum absolute atomic E-state index is 12.9. The first-order valence-electron chi connectivity index (χ1n) is 3.90. The van der Waals surface area contributed by atoms with Crippen molar-refractivity contribution in [1.29, 1.82) is 0 Å². The first kappa shape index (κ1) is 8.74. The van der Waals surface area contributed by atoms with Gasteiger partial charge in [0.2, 0.25) is 0 Å². The summed E-state index contributed by atoms with van der Waals surface area (Å²) in [5, 5.41) is 0. The summed E-state index contributed by atoms with van der Waals surface area (Å²) in [5.41, 5.74) is 0.550. The molecule has 0 bridgehead atoms. The van der Waals surface area contributed by atoms with Crippen LogP contribution in [0.2, 0.25) is 0 Å². The fourth-order valence-corrected chi connectivity index (χ4v) is 1.24. The standard InChI is InChI=1S/C10H6FO3/c1-13-10(12)7-5-9(11)14-8-4-2-3-6(7)8/h2,4-5H,1H3. The number of carbonyl (C=O) groups is 1. The van der Waals surface area contributed by atoms with E-state index in [4.69, 9.17) is 4.42 Å². The van der Waals surface area contributed by atoms with Crippen LogP contribution in [0.15, 0.2) is 22.6 Å². The highest BCUT2D eigenvalue weighted by molar-refractivity contribution is 5.96. The Hall–Kier alpha value is -1.84. The summed E-state index contributed by atoms with van der Waals surface area (Å²) < 4.78 is 22.1. The van der Waals surface area contributed by atoms with Gasteiger partial charge in [0.05, 0.1) is 12.7 Å². The van der Waals surface area contributed by atoms with E-state index < -0.39 is 12.0 Å². The lowest BCUT2D eigenvalue weighted by Gasteiger charge is -2.04. The predicted molar refractivity (Wildman–Crippen MR) is 45.5 cm³/mol. The van der Waals surface area contributed by atoms with E-state index in [1.54, 1.807) is 6.07 Å². The van der Waals surface area contributed by atoms with Crippen molar-refractivity contribution in [3.05, 3.63) is 35.8 Å². The van der Waals surface area contributed by atoms with Crippen LogP contribution in [0, 0.1) is 12.1 Å². The van der Waals surface area contributed by atoms with Gasteiger partial charge >= 0.3 is 5.97 Å². The van der Waals surface area contributed by atoms with Gasteiger partial charge in [0.1, 0.15) is 5.76 Å². The van der Waals surface area contributed by atoms with Gasteiger partial charge in [-0.3, -0.25) is 0 Å². The molecule has 2 aliphatic rings. The van der Waals surface area contributed by atoms with Gasteiger partial charge in [-0.2, -0.15) is 4.39 Å². The van der Waals surface area contributed by atoms with Gasteiger partial charge in [-0.1, -0.05) is 0 Å². The van der Waals surface area contributed by atoms with Crippen molar-refractivity contribution >= 4 is 5.97 Å².